The molecule has 1 aromatic heterocycles. The Morgan fingerprint density at radius 1 is 1.25 bits per heavy atom. The van der Waals surface area contributed by atoms with E-state index in [1.807, 2.05) is 14.0 Å². The normalized spacial score (nSPS) is 9.83. The van der Waals surface area contributed by atoms with Crippen LogP contribution in [-0.4, -0.2) is 30.1 Å². The standard InChI is InChI=1S/C8H14N4/c1-7-8(11-4-3-9-2)12-6-5-10-7/h5-6,9H,3-4H2,1-2H3,(H,11,12). The summed E-state index contributed by atoms with van der Waals surface area (Å²) in [6.45, 7) is 3.74. The van der Waals surface area contributed by atoms with Gasteiger partial charge in [-0.3, -0.25) is 4.98 Å². The molecule has 1 heterocycles. The van der Waals surface area contributed by atoms with Crippen LogP contribution in [0.3, 0.4) is 0 Å². The topological polar surface area (TPSA) is 49.8 Å². The van der Waals surface area contributed by atoms with Crippen LogP contribution in [0, 0.1) is 6.92 Å². The zero-order valence-corrected chi connectivity index (χ0v) is 7.46. The first-order valence-corrected chi connectivity index (χ1v) is 4.00. The fraction of sp³-hybridized carbons (Fsp3) is 0.500. The Balaban J connectivity index is 2.46. The van der Waals surface area contributed by atoms with E-state index >= 15 is 0 Å². The number of aryl methyl sites for hydroxylation is 1. The van der Waals surface area contributed by atoms with Crippen molar-refractivity contribution in [3.8, 4) is 0 Å². The molecule has 2 N–H and O–H groups in total. The van der Waals surface area contributed by atoms with Crippen molar-refractivity contribution in [1.29, 1.82) is 0 Å². The molecule has 0 atom stereocenters. The maximum Gasteiger partial charge on any atom is 0.147 e. The number of hydrogen-bond acceptors (Lipinski definition) is 4. The molecule has 0 spiro atoms. The molecule has 0 saturated heterocycles. The number of nitrogens with zero attached hydrogens (tertiary/aromatic N) is 2. The molecule has 4 heteroatoms. The van der Waals surface area contributed by atoms with Gasteiger partial charge in [-0.15, -0.1) is 0 Å². The Hall–Kier alpha value is -1.16. The van der Waals surface area contributed by atoms with Crippen molar-refractivity contribution in [2.24, 2.45) is 0 Å². The van der Waals surface area contributed by atoms with Crippen LogP contribution in [-0.2, 0) is 0 Å². The second-order valence-corrected chi connectivity index (χ2v) is 2.52. The van der Waals surface area contributed by atoms with Crippen molar-refractivity contribution in [3.63, 3.8) is 0 Å². The molecule has 0 aliphatic heterocycles. The molecule has 66 valence electrons. The highest BCUT2D eigenvalue weighted by atomic mass is 15.0. The molecule has 1 aromatic rings. The second-order valence-electron chi connectivity index (χ2n) is 2.52. The first-order chi connectivity index (χ1) is 5.84. The lowest BCUT2D eigenvalue weighted by molar-refractivity contribution is 0.819. The highest BCUT2D eigenvalue weighted by Gasteiger charge is 1.96. The van der Waals surface area contributed by atoms with Gasteiger partial charge in [0.15, 0.2) is 0 Å². The summed E-state index contributed by atoms with van der Waals surface area (Å²) in [6.07, 6.45) is 3.38. The van der Waals surface area contributed by atoms with Crippen molar-refractivity contribution in [1.82, 2.24) is 15.3 Å². The van der Waals surface area contributed by atoms with Crippen molar-refractivity contribution < 1.29 is 0 Å². The Kier molecular flexibility index (Phi) is 3.47. The van der Waals surface area contributed by atoms with Crippen LogP contribution < -0.4 is 10.6 Å². The predicted molar refractivity (Wildman–Crippen MR) is 49.2 cm³/mol. The van der Waals surface area contributed by atoms with E-state index in [2.05, 4.69) is 20.6 Å². The Bertz CT molecular complexity index is 236. The van der Waals surface area contributed by atoms with Crippen LogP contribution in [0.1, 0.15) is 5.69 Å². The summed E-state index contributed by atoms with van der Waals surface area (Å²) >= 11 is 0. The minimum absolute atomic E-state index is 0.868. The molecule has 0 aromatic carbocycles. The molecule has 1 rings (SSSR count). The number of nitrogens with one attached hydrogen (secondary N) is 2. The molecule has 0 saturated carbocycles. The smallest absolute Gasteiger partial charge is 0.147 e. The third kappa shape index (κ3) is 2.47. The molecule has 0 radical (unpaired) electrons. The Morgan fingerprint density at radius 2 is 2.00 bits per heavy atom. The third-order valence-corrected chi connectivity index (χ3v) is 1.55. The first-order valence-electron chi connectivity index (χ1n) is 4.00. The van der Waals surface area contributed by atoms with Gasteiger partial charge < -0.3 is 10.6 Å². The number of likely N-dealkylation sites (N-methyl/N-ethyl adjacent to an activating group) is 1. The average Bonchev–Trinajstić information content (AvgIpc) is 2.09. The van der Waals surface area contributed by atoms with E-state index in [-0.39, 0.29) is 0 Å². The quantitative estimate of drug-likeness (QED) is 0.636. The fourth-order valence-corrected chi connectivity index (χ4v) is 0.887. The summed E-state index contributed by atoms with van der Waals surface area (Å²) in [5.41, 5.74) is 0.939. The van der Waals surface area contributed by atoms with Gasteiger partial charge >= 0.3 is 0 Å². The second kappa shape index (κ2) is 4.66. The lowest BCUT2D eigenvalue weighted by atomic mass is 10.4. The highest BCUT2D eigenvalue weighted by molar-refractivity contribution is 5.37. The summed E-state index contributed by atoms with van der Waals surface area (Å²) in [5, 5.41) is 6.22. The molecule has 0 bridgehead atoms. The number of hydrogen-bond donors (Lipinski definition) is 2. The van der Waals surface area contributed by atoms with Crippen LogP contribution >= 0.6 is 0 Å². The van der Waals surface area contributed by atoms with Crippen molar-refractivity contribution in [2.75, 3.05) is 25.5 Å². The van der Waals surface area contributed by atoms with E-state index in [1.165, 1.54) is 0 Å². The monoisotopic (exact) mass is 166 g/mol. The van der Waals surface area contributed by atoms with Crippen molar-refractivity contribution in [3.05, 3.63) is 18.1 Å². The van der Waals surface area contributed by atoms with Gasteiger partial charge in [0.05, 0.1) is 5.69 Å². The summed E-state index contributed by atoms with van der Waals surface area (Å²) in [5.74, 6) is 0.868. The molecule has 0 aliphatic rings. The summed E-state index contributed by atoms with van der Waals surface area (Å²) in [6, 6.07) is 0. The Morgan fingerprint density at radius 3 is 2.67 bits per heavy atom. The van der Waals surface area contributed by atoms with E-state index in [1.54, 1.807) is 12.4 Å². The molecular formula is C8H14N4. The SMILES string of the molecule is CNCCNc1nccnc1C. The fourth-order valence-electron chi connectivity index (χ4n) is 0.887. The van der Waals surface area contributed by atoms with Gasteiger partial charge in [-0.25, -0.2) is 4.98 Å². The van der Waals surface area contributed by atoms with Gasteiger partial charge in [-0.1, -0.05) is 0 Å². The minimum atomic E-state index is 0.868. The van der Waals surface area contributed by atoms with Gasteiger partial charge in [0.2, 0.25) is 0 Å². The lowest BCUT2D eigenvalue weighted by Gasteiger charge is -2.05. The first kappa shape index (κ1) is 8.93. The van der Waals surface area contributed by atoms with Gasteiger partial charge in [0, 0.05) is 25.5 Å². The maximum absolute atomic E-state index is 4.15. The number of anilines is 1. The third-order valence-electron chi connectivity index (χ3n) is 1.55. The molecule has 0 unspecified atom stereocenters. The van der Waals surface area contributed by atoms with E-state index in [4.69, 9.17) is 0 Å². The van der Waals surface area contributed by atoms with Crippen LogP contribution in [0.2, 0.25) is 0 Å². The van der Waals surface area contributed by atoms with E-state index in [0.29, 0.717) is 0 Å². The largest absolute Gasteiger partial charge is 0.367 e. The molecule has 12 heavy (non-hydrogen) atoms. The summed E-state index contributed by atoms with van der Waals surface area (Å²) < 4.78 is 0. The van der Waals surface area contributed by atoms with E-state index < -0.39 is 0 Å². The minimum Gasteiger partial charge on any atom is -0.367 e. The van der Waals surface area contributed by atoms with Gasteiger partial charge in [0.1, 0.15) is 5.82 Å². The summed E-state index contributed by atoms with van der Waals surface area (Å²) in [7, 11) is 1.92. The molecule has 0 aliphatic carbocycles. The summed E-state index contributed by atoms with van der Waals surface area (Å²) in [4.78, 5) is 8.26. The van der Waals surface area contributed by atoms with Crippen molar-refractivity contribution >= 4 is 5.82 Å². The maximum atomic E-state index is 4.15. The van der Waals surface area contributed by atoms with Gasteiger partial charge in [0.25, 0.3) is 0 Å². The van der Waals surface area contributed by atoms with E-state index in [0.717, 1.165) is 24.6 Å². The van der Waals surface area contributed by atoms with Crippen molar-refractivity contribution in [2.45, 2.75) is 6.92 Å². The molecule has 0 fully saturated rings. The number of aromatic nitrogens is 2. The van der Waals surface area contributed by atoms with Crippen LogP contribution in [0.15, 0.2) is 12.4 Å². The highest BCUT2D eigenvalue weighted by Crippen LogP contribution is 2.04. The van der Waals surface area contributed by atoms with Crippen LogP contribution in [0.25, 0.3) is 0 Å². The molecule has 4 nitrogen and oxygen atoms in total. The zero-order valence-electron chi connectivity index (χ0n) is 7.46. The Labute approximate surface area is 72.4 Å². The van der Waals surface area contributed by atoms with Crippen LogP contribution in [0.4, 0.5) is 5.82 Å². The number of rotatable bonds is 4. The molecule has 0 amide bonds. The van der Waals surface area contributed by atoms with Gasteiger partial charge in [-0.05, 0) is 14.0 Å². The lowest BCUT2D eigenvalue weighted by Crippen LogP contribution is -2.18. The van der Waals surface area contributed by atoms with E-state index in [9.17, 15) is 0 Å². The zero-order chi connectivity index (χ0) is 8.81. The molecular weight excluding hydrogens is 152 g/mol. The predicted octanol–water partition coefficient (Wildman–Crippen LogP) is 0.416. The average molecular weight is 166 g/mol. The van der Waals surface area contributed by atoms with Gasteiger partial charge in [-0.2, -0.15) is 0 Å². The van der Waals surface area contributed by atoms with Crippen LogP contribution in [0.5, 0.6) is 0 Å².